The molecule has 0 saturated carbocycles. The second kappa shape index (κ2) is 4.29. The molecule has 0 saturated heterocycles. The molecule has 1 aromatic carbocycles. The smallest absolute Gasteiger partial charge is 0.303 e. The lowest BCUT2D eigenvalue weighted by atomic mass is 9.94. The first-order valence-corrected chi connectivity index (χ1v) is 4.63. The molecule has 0 amide bonds. The van der Waals surface area contributed by atoms with Crippen molar-refractivity contribution < 1.29 is 19.4 Å². The van der Waals surface area contributed by atoms with E-state index >= 15 is 0 Å². The highest BCUT2D eigenvalue weighted by Crippen LogP contribution is 2.31. The van der Waals surface area contributed by atoms with E-state index in [-0.39, 0.29) is 17.7 Å². The van der Waals surface area contributed by atoms with Crippen LogP contribution in [0, 0.1) is 12.7 Å². The lowest BCUT2D eigenvalue weighted by Crippen LogP contribution is -2.06. The standard InChI is InChI=1S/C11H13FO3/c1-6-3-4-8(13)10(11(6)12)7(2)5-9(14)15/h3-4,7,13H,5H2,1-2H3,(H,14,15). The zero-order valence-corrected chi connectivity index (χ0v) is 8.62. The van der Waals surface area contributed by atoms with Crippen molar-refractivity contribution >= 4 is 5.97 Å². The Balaban J connectivity index is 3.12. The highest BCUT2D eigenvalue weighted by molar-refractivity contribution is 5.68. The van der Waals surface area contributed by atoms with Gasteiger partial charge in [-0.25, -0.2) is 4.39 Å². The molecule has 0 aromatic heterocycles. The van der Waals surface area contributed by atoms with Crippen LogP contribution in [0.4, 0.5) is 4.39 Å². The van der Waals surface area contributed by atoms with Crippen LogP contribution < -0.4 is 0 Å². The highest BCUT2D eigenvalue weighted by atomic mass is 19.1. The average molecular weight is 212 g/mol. The number of carbonyl (C=O) groups is 1. The van der Waals surface area contributed by atoms with Gasteiger partial charge >= 0.3 is 5.97 Å². The van der Waals surface area contributed by atoms with E-state index in [1.807, 2.05) is 0 Å². The van der Waals surface area contributed by atoms with Crippen LogP contribution in [0.25, 0.3) is 0 Å². The molecule has 1 unspecified atom stereocenters. The zero-order valence-electron chi connectivity index (χ0n) is 8.62. The fourth-order valence-electron chi connectivity index (χ4n) is 1.52. The molecule has 0 bridgehead atoms. The Labute approximate surface area is 87.2 Å². The maximum Gasteiger partial charge on any atom is 0.303 e. The second-order valence-electron chi connectivity index (χ2n) is 3.63. The van der Waals surface area contributed by atoms with Gasteiger partial charge in [-0.3, -0.25) is 4.79 Å². The number of carboxylic acids is 1. The van der Waals surface area contributed by atoms with E-state index in [2.05, 4.69) is 0 Å². The van der Waals surface area contributed by atoms with Crippen molar-refractivity contribution in [3.63, 3.8) is 0 Å². The minimum atomic E-state index is -1.01. The number of phenolic OH excluding ortho intramolecular Hbond substituents is 1. The first-order valence-electron chi connectivity index (χ1n) is 4.63. The molecule has 3 nitrogen and oxygen atoms in total. The van der Waals surface area contributed by atoms with E-state index in [0.717, 1.165) is 0 Å². The van der Waals surface area contributed by atoms with Gasteiger partial charge in [0.05, 0.1) is 6.42 Å². The van der Waals surface area contributed by atoms with Crippen LogP contribution in [0.1, 0.15) is 30.4 Å². The van der Waals surface area contributed by atoms with Gasteiger partial charge in [0.25, 0.3) is 0 Å². The predicted octanol–water partition coefficient (Wildman–Crippen LogP) is 2.42. The summed E-state index contributed by atoms with van der Waals surface area (Å²) in [5, 5.41) is 18.1. The monoisotopic (exact) mass is 212 g/mol. The Hall–Kier alpha value is -1.58. The molecule has 0 spiro atoms. The third-order valence-electron chi connectivity index (χ3n) is 2.32. The van der Waals surface area contributed by atoms with Crippen molar-refractivity contribution in [1.29, 1.82) is 0 Å². The summed E-state index contributed by atoms with van der Waals surface area (Å²) in [7, 11) is 0. The summed E-state index contributed by atoms with van der Waals surface area (Å²) in [4.78, 5) is 10.5. The van der Waals surface area contributed by atoms with Gasteiger partial charge in [0.2, 0.25) is 0 Å². The van der Waals surface area contributed by atoms with Gasteiger partial charge in [-0.2, -0.15) is 0 Å². The number of aryl methyl sites for hydroxylation is 1. The predicted molar refractivity (Wildman–Crippen MR) is 53.5 cm³/mol. The Bertz CT molecular complexity index is 388. The molecule has 4 heteroatoms. The van der Waals surface area contributed by atoms with Gasteiger partial charge in [0.15, 0.2) is 0 Å². The summed E-state index contributed by atoms with van der Waals surface area (Å²) in [5.74, 6) is -2.26. The Morgan fingerprint density at radius 2 is 2.13 bits per heavy atom. The number of rotatable bonds is 3. The van der Waals surface area contributed by atoms with E-state index in [1.54, 1.807) is 13.8 Å². The van der Waals surface area contributed by atoms with E-state index in [0.29, 0.717) is 5.56 Å². The summed E-state index contributed by atoms with van der Waals surface area (Å²) in [6, 6.07) is 2.84. The number of carboxylic acid groups (broad SMARTS) is 1. The number of benzene rings is 1. The first kappa shape index (κ1) is 11.5. The molecule has 1 atom stereocenters. The van der Waals surface area contributed by atoms with Crippen LogP contribution in [0.5, 0.6) is 5.75 Å². The molecule has 0 aliphatic rings. The minimum absolute atomic E-state index is 0.0809. The highest BCUT2D eigenvalue weighted by Gasteiger charge is 2.19. The fourth-order valence-corrected chi connectivity index (χ4v) is 1.52. The largest absolute Gasteiger partial charge is 0.508 e. The summed E-state index contributed by atoms with van der Waals surface area (Å²) in [6.07, 6.45) is -0.200. The van der Waals surface area contributed by atoms with E-state index < -0.39 is 17.7 Å². The lowest BCUT2D eigenvalue weighted by Gasteiger charge is -2.13. The third-order valence-corrected chi connectivity index (χ3v) is 2.32. The van der Waals surface area contributed by atoms with E-state index in [9.17, 15) is 14.3 Å². The van der Waals surface area contributed by atoms with Crippen LogP contribution in [-0.4, -0.2) is 16.2 Å². The molecule has 1 rings (SSSR count). The van der Waals surface area contributed by atoms with Crippen molar-refractivity contribution in [3.8, 4) is 5.75 Å². The van der Waals surface area contributed by atoms with Crippen molar-refractivity contribution in [2.24, 2.45) is 0 Å². The third kappa shape index (κ3) is 2.46. The summed E-state index contributed by atoms with van der Waals surface area (Å²) < 4.78 is 13.6. The molecular weight excluding hydrogens is 199 g/mol. The number of hydrogen-bond donors (Lipinski definition) is 2. The van der Waals surface area contributed by atoms with Crippen LogP contribution in [0.15, 0.2) is 12.1 Å². The lowest BCUT2D eigenvalue weighted by molar-refractivity contribution is -0.137. The van der Waals surface area contributed by atoms with Crippen LogP contribution in [0.3, 0.4) is 0 Å². The van der Waals surface area contributed by atoms with Crippen LogP contribution >= 0.6 is 0 Å². The summed E-state index contributed by atoms with van der Waals surface area (Å²) >= 11 is 0. The van der Waals surface area contributed by atoms with Crippen molar-refractivity contribution in [3.05, 3.63) is 29.1 Å². The Morgan fingerprint density at radius 1 is 1.53 bits per heavy atom. The van der Waals surface area contributed by atoms with Gasteiger partial charge in [0.1, 0.15) is 11.6 Å². The minimum Gasteiger partial charge on any atom is -0.508 e. The molecule has 2 N–H and O–H groups in total. The number of phenols is 1. The number of hydrogen-bond acceptors (Lipinski definition) is 2. The van der Waals surface area contributed by atoms with Gasteiger partial charge in [-0.05, 0) is 24.5 Å². The first-order chi connectivity index (χ1) is 6.93. The van der Waals surface area contributed by atoms with Crippen LogP contribution in [-0.2, 0) is 4.79 Å². The topological polar surface area (TPSA) is 57.5 Å². The molecular formula is C11H13FO3. The maximum absolute atomic E-state index is 13.6. The Kier molecular flexibility index (Phi) is 3.29. The number of aliphatic carboxylic acids is 1. The molecule has 0 aliphatic carbocycles. The molecule has 0 radical (unpaired) electrons. The van der Waals surface area contributed by atoms with Crippen LogP contribution in [0.2, 0.25) is 0 Å². The van der Waals surface area contributed by atoms with E-state index in [1.165, 1.54) is 12.1 Å². The summed E-state index contributed by atoms with van der Waals surface area (Å²) in [6.45, 7) is 3.15. The number of aromatic hydroxyl groups is 1. The molecule has 82 valence electrons. The quantitative estimate of drug-likeness (QED) is 0.808. The molecule has 0 aliphatic heterocycles. The number of halogens is 1. The molecule has 0 heterocycles. The fraction of sp³-hybridized carbons (Fsp3) is 0.364. The second-order valence-corrected chi connectivity index (χ2v) is 3.63. The molecule has 1 aromatic rings. The Morgan fingerprint density at radius 3 is 2.67 bits per heavy atom. The SMILES string of the molecule is Cc1ccc(O)c(C(C)CC(=O)O)c1F. The molecule has 15 heavy (non-hydrogen) atoms. The van der Waals surface area contributed by atoms with Crippen molar-refractivity contribution in [2.75, 3.05) is 0 Å². The van der Waals surface area contributed by atoms with Crippen molar-refractivity contribution in [2.45, 2.75) is 26.2 Å². The van der Waals surface area contributed by atoms with Gasteiger partial charge in [-0.15, -0.1) is 0 Å². The average Bonchev–Trinajstić information content (AvgIpc) is 2.11. The maximum atomic E-state index is 13.6. The van der Waals surface area contributed by atoms with Gasteiger partial charge in [0, 0.05) is 5.56 Å². The zero-order chi connectivity index (χ0) is 11.6. The van der Waals surface area contributed by atoms with Crippen molar-refractivity contribution in [1.82, 2.24) is 0 Å². The molecule has 0 fully saturated rings. The van der Waals surface area contributed by atoms with Gasteiger partial charge < -0.3 is 10.2 Å². The van der Waals surface area contributed by atoms with E-state index in [4.69, 9.17) is 5.11 Å². The van der Waals surface area contributed by atoms with Gasteiger partial charge in [-0.1, -0.05) is 13.0 Å². The normalized spacial score (nSPS) is 12.5. The summed E-state index contributed by atoms with van der Waals surface area (Å²) in [5.41, 5.74) is 0.484.